The van der Waals surface area contributed by atoms with Crippen molar-refractivity contribution in [3.05, 3.63) is 34.9 Å². The largest absolute Gasteiger partial charge is 0.376 e. The maximum Gasteiger partial charge on any atom is 0.222 e. The first kappa shape index (κ1) is 17.8. The number of nitrogens with zero attached hydrogens (tertiary/aromatic N) is 1. The lowest BCUT2D eigenvalue weighted by atomic mass is 10.2. The summed E-state index contributed by atoms with van der Waals surface area (Å²) >= 11 is 5.82. The Balaban J connectivity index is 1.72. The van der Waals surface area contributed by atoms with Gasteiger partial charge in [0.15, 0.2) is 0 Å². The second kappa shape index (κ2) is 8.89. The first-order chi connectivity index (χ1) is 11.0. The Labute approximate surface area is 141 Å². The number of amides is 2. The van der Waals surface area contributed by atoms with Crippen molar-refractivity contribution in [2.45, 2.75) is 38.8 Å². The van der Waals surface area contributed by atoms with E-state index in [4.69, 9.17) is 16.3 Å². The summed E-state index contributed by atoms with van der Waals surface area (Å²) in [6.07, 6.45) is 2.42. The predicted molar refractivity (Wildman–Crippen MR) is 89.1 cm³/mol. The highest BCUT2D eigenvalue weighted by atomic mass is 35.5. The van der Waals surface area contributed by atoms with Gasteiger partial charge in [0.25, 0.3) is 0 Å². The quantitative estimate of drug-likeness (QED) is 0.830. The number of rotatable bonds is 7. The Morgan fingerprint density at radius 2 is 2.09 bits per heavy atom. The highest BCUT2D eigenvalue weighted by molar-refractivity contribution is 6.30. The van der Waals surface area contributed by atoms with E-state index in [2.05, 4.69) is 5.32 Å². The average molecular weight is 339 g/mol. The van der Waals surface area contributed by atoms with Crippen molar-refractivity contribution in [1.82, 2.24) is 10.2 Å². The molecule has 0 radical (unpaired) electrons. The van der Waals surface area contributed by atoms with Crippen molar-refractivity contribution in [1.29, 1.82) is 0 Å². The summed E-state index contributed by atoms with van der Waals surface area (Å²) in [5.74, 6) is -0.0930. The molecule has 1 aromatic rings. The van der Waals surface area contributed by atoms with Crippen molar-refractivity contribution in [3.63, 3.8) is 0 Å². The SMILES string of the molecule is CC(=O)N(CCC(=O)NCc1ccc(Cl)cc1)CC1CCCO1. The van der Waals surface area contributed by atoms with Gasteiger partial charge in [-0.1, -0.05) is 23.7 Å². The number of carbonyl (C=O) groups is 2. The van der Waals surface area contributed by atoms with Crippen molar-refractivity contribution in [3.8, 4) is 0 Å². The van der Waals surface area contributed by atoms with Gasteiger partial charge in [-0.15, -0.1) is 0 Å². The first-order valence-electron chi connectivity index (χ1n) is 7.93. The highest BCUT2D eigenvalue weighted by Crippen LogP contribution is 2.13. The Kier molecular flexibility index (Phi) is 6.86. The van der Waals surface area contributed by atoms with Crippen molar-refractivity contribution in [2.24, 2.45) is 0 Å². The number of carbonyl (C=O) groups excluding carboxylic acids is 2. The van der Waals surface area contributed by atoms with Gasteiger partial charge in [0.05, 0.1) is 6.10 Å². The molecule has 1 aliphatic rings. The van der Waals surface area contributed by atoms with Gasteiger partial charge in [-0.3, -0.25) is 9.59 Å². The van der Waals surface area contributed by atoms with Crippen molar-refractivity contribution < 1.29 is 14.3 Å². The van der Waals surface area contributed by atoms with E-state index < -0.39 is 0 Å². The fourth-order valence-electron chi connectivity index (χ4n) is 2.54. The van der Waals surface area contributed by atoms with Gasteiger partial charge in [-0.2, -0.15) is 0 Å². The second-order valence-corrected chi connectivity index (χ2v) is 6.19. The van der Waals surface area contributed by atoms with Gasteiger partial charge in [0.1, 0.15) is 0 Å². The molecule has 2 amide bonds. The lowest BCUT2D eigenvalue weighted by Crippen LogP contribution is -2.38. The number of nitrogens with one attached hydrogen (secondary N) is 1. The maximum absolute atomic E-state index is 11.9. The summed E-state index contributed by atoms with van der Waals surface area (Å²) in [7, 11) is 0. The molecular formula is C17H23ClN2O3. The Hall–Kier alpha value is -1.59. The van der Waals surface area contributed by atoms with Gasteiger partial charge in [0, 0.05) is 44.6 Å². The minimum atomic E-state index is -0.0708. The molecule has 1 saturated heterocycles. The van der Waals surface area contributed by atoms with E-state index in [9.17, 15) is 9.59 Å². The number of halogens is 1. The first-order valence-corrected chi connectivity index (χ1v) is 8.30. The highest BCUT2D eigenvalue weighted by Gasteiger charge is 2.21. The number of hydrogen-bond acceptors (Lipinski definition) is 3. The summed E-state index contributed by atoms with van der Waals surface area (Å²) in [5.41, 5.74) is 0.991. The van der Waals surface area contributed by atoms with Crippen molar-refractivity contribution >= 4 is 23.4 Å². The van der Waals surface area contributed by atoms with E-state index in [0.717, 1.165) is 25.0 Å². The molecule has 0 spiro atoms. The molecule has 23 heavy (non-hydrogen) atoms. The molecule has 1 atom stereocenters. The smallest absolute Gasteiger partial charge is 0.222 e. The second-order valence-electron chi connectivity index (χ2n) is 5.75. The molecule has 5 nitrogen and oxygen atoms in total. The molecule has 1 unspecified atom stereocenters. The Morgan fingerprint density at radius 1 is 1.35 bits per heavy atom. The molecular weight excluding hydrogens is 316 g/mol. The summed E-state index contributed by atoms with van der Waals surface area (Å²) in [6, 6.07) is 7.34. The zero-order chi connectivity index (χ0) is 16.7. The molecule has 6 heteroatoms. The zero-order valence-electron chi connectivity index (χ0n) is 13.4. The molecule has 1 N–H and O–H groups in total. The molecule has 1 heterocycles. The normalized spacial score (nSPS) is 17.0. The van der Waals surface area contributed by atoms with Crippen LogP contribution in [0, 0.1) is 0 Å². The topological polar surface area (TPSA) is 58.6 Å². The molecule has 0 aliphatic carbocycles. The van der Waals surface area contributed by atoms with Crippen LogP contribution in [0.15, 0.2) is 24.3 Å². The van der Waals surface area contributed by atoms with E-state index >= 15 is 0 Å². The predicted octanol–water partition coefficient (Wildman–Crippen LogP) is 2.37. The van der Waals surface area contributed by atoms with Crippen LogP contribution in [0.5, 0.6) is 0 Å². The Morgan fingerprint density at radius 3 is 2.70 bits per heavy atom. The van der Waals surface area contributed by atoms with Crippen LogP contribution >= 0.6 is 11.6 Å². The van der Waals surface area contributed by atoms with Crippen LogP contribution in [0.4, 0.5) is 0 Å². The van der Waals surface area contributed by atoms with Gasteiger partial charge in [0.2, 0.25) is 11.8 Å². The van der Waals surface area contributed by atoms with E-state index in [1.54, 1.807) is 17.0 Å². The van der Waals surface area contributed by atoms with Crippen LogP contribution in [-0.2, 0) is 20.9 Å². The molecule has 0 bridgehead atoms. The van der Waals surface area contributed by atoms with Gasteiger partial charge >= 0.3 is 0 Å². The van der Waals surface area contributed by atoms with E-state index in [1.165, 1.54) is 6.92 Å². The maximum atomic E-state index is 11.9. The number of benzene rings is 1. The fraction of sp³-hybridized carbons (Fsp3) is 0.529. The van der Waals surface area contributed by atoms with E-state index in [0.29, 0.717) is 31.1 Å². The third-order valence-electron chi connectivity index (χ3n) is 3.91. The zero-order valence-corrected chi connectivity index (χ0v) is 14.1. The molecule has 0 saturated carbocycles. The minimum Gasteiger partial charge on any atom is -0.376 e. The molecule has 1 aromatic carbocycles. The lowest BCUT2D eigenvalue weighted by Gasteiger charge is -2.23. The molecule has 1 aliphatic heterocycles. The molecule has 2 rings (SSSR count). The van der Waals surface area contributed by atoms with Crippen LogP contribution in [0.1, 0.15) is 31.7 Å². The fourth-order valence-corrected chi connectivity index (χ4v) is 2.67. The molecule has 126 valence electrons. The molecule has 0 aromatic heterocycles. The van der Waals surface area contributed by atoms with Gasteiger partial charge in [-0.25, -0.2) is 0 Å². The standard InChI is InChI=1S/C17H23ClN2O3/c1-13(21)20(12-16-3-2-10-23-16)9-8-17(22)19-11-14-4-6-15(18)7-5-14/h4-7,16H,2-3,8-12H2,1H3,(H,19,22). The summed E-state index contributed by atoms with van der Waals surface area (Å²) in [5, 5.41) is 3.53. The van der Waals surface area contributed by atoms with Gasteiger partial charge in [-0.05, 0) is 30.5 Å². The lowest BCUT2D eigenvalue weighted by molar-refractivity contribution is -0.131. The third kappa shape index (κ3) is 6.20. The third-order valence-corrected chi connectivity index (χ3v) is 4.16. The van der Waals surface area contributed by atoms with Gasteiger partial charge < -0.3 is 15.0 Å². The van der Waals surface area contributed by atoms with E-state index in [1.807, 2.05) is 12.1 Å². The average Bonchev–Trinajstić information content (AvgIpc) is 3.03. The van der Waals surface area contributed by atoms with Crippen LogP contribution in [0.25, 0.3) is 0 Å². The molecule has 1 fully saturated rings. The van der Waals surface area contributed by atoms with Crippen LogP contribution in [-0.4, -0.2) is 42.5 Å². The number of ether oxygens (including phenoxy) is 1. The number of hydrogen-bond donors (Lipinski definition) is 1. The van der Waals surface area contributed by atoms with Crippen LogP contribution < -0.4 is 5.32 Å². The van der Waals surface area contributed by atoms with Crippen LogP contribution in [0.3, 0.4) is 0 Å². The summed E-state index contributed by atoms with van der Waals surface area (Å²) < 4.78 is 5.55. The summed E-state index contributed by atoms with van der Waals surface area (Å²) in [6.45, 7) is 3.74. The summed E-state index contributed by atoms with van der Waals surface area (Å²) in [4.78, 5) is 25.3. The monoisotopic (exact) mass is 338 g/mol. The van der Waals surface area contributed by atoms with Crippen LogP contribution in [0.2, 0.25) is 5.02 Å². The van der Waals surface area contributed by atoms with Crippen molar-refractivity contribution in [2.75, 3.05) is 19.7 Å². The Bertz CT molecular complexity index is 527. The minimum absolute atomic E-state index is 0.0222. The van der Waals surface area contributed by atoms with E-state index in [-0.39, 0.29) is 17.9 Å².